The van der Waals surface area contributed by atoms with E-state index in [0.29, 0.717) is 31.3 Å². The van der Waals surface area contributed by atoms with Crippen molar-refractivity contribution in [2.45, 2.75) is 18.6 Å². The number of aromatic nitrogens is 1. The molecule has 0 amide bonds. The van der Waals surface area contributed by atoms with Crippen molar-refractivity contribution in [3.63, 3.8) is 0 Å². The molecular weight excluding hydrogens is 257 g/mol. The molecule has 0 aliphatic rings. The summed E-state index contributed by atoms with van der Waals surface area (Å²) in [6.07, 6.45) is -4.65. The second-order valence-electron chi connectivity index (χ2n) is 3.59. The summed E-state index contributed by atoms with van der Waals surface area (Å²) in [5, 5.41) is 2.87. The molecule has 1 aromatic rings. The van der Waals surface area contributed by atoms with Crippen LogP contribution in [0.3, 0.4) is 0 Å². The Balaban J connectivity index is 2.77. The van der Waals surface area contributed by atoms with Gasteiger partial charge in [-0.15, -0.1) is 0 Å². The number of pyridine rings is 1. The van der Waals surface area contributed by atoms with Gasteiger partial charge in [-0.3, -0.25) is 4.98 Å². The minimum Gasteiger partial charge on any atom is -0.329 e. The lowest BCUT2D eigenvalue weighted by molar-refractivity contribution is -0.290. The van der Waals surface area contributed by atoms with E-state index in [2.05, 4.69) is 10.3 Å². The van der Waals surface area contributed by atoms with Crippen molar-refractivity contribution in [3.8, 4) is 0 Å². The summed E-state index contributed by atoms with van der Waals surface area (Å²) < 4.78 is 61.9. The molecule has 0 saturated heterocycles. The molecule has 102 valence electrons. The fourth-order valence-corrected chi connectivity index (χ4v) is 1.19. The number of nitrogens with two attached hydrogens (primary N) is 1. The number of hydrogen-bond acceptors (Lipinski definition) is 3. The van der Waals surface area contributed by atoms with E-state index in [-0.39, 0.29) is 0 Å². The van der Waals surface area contributed by atoms with Crippen LogP contribution in [-0.2, 0) is 12.5 Å². The zero-order chi connectivity index (χ0) is 13.8. The Morgan fingerprint density at radius 2 is 1.83 bits per heavy atom. The fourth-order valence-electron chi connectivity index (χ4n) is 1.19. The zero-order valence-corrected chi connectivity index (χ0v) is 9.27. The van der Waals surface area contributed by atoms with E-state index in [9.17, 15) is 22.0 Å². The van der Waals surface area contributed by atoms with Crippen LogP contribution in [0.15, 0.2) is 18.3 Å². The highest BCUT2D eigenvalue weighted by atomic mass is 19.4. The van der Waals surface area contributed by atoms with E-state index >= 15 is 0 Å². The van der Waals surface area contributed by atoms with E-state index in [1.165, 1.54) is 6.07 Å². The Hall–Kier alpha value is -1.28. The van der Waals surface area contributed by atoms with Crippen LogP contribution in [0.25, 0.3) is 0 Å². The number of hydrogen-bond donors (Lipinski definition) is 2. The lowest BCUT2D eigenvalue weighted by atomic mass is 10.2. The molecule has 0 unspecified atom stereocenters. The summed E-state index contributed by atoms with van der Waals surface area (Å²) in [5.41, 5.74) is 4.42. The van der Waals surface area contributed by atoms with E-state index in [1.54, 1.807) is 0 Å². The Morgan fingerprint density at radius 3 is 2.28 bits per heavy atom. The van der Waals surface area contributed by atoms with Crippen LogP contribution < -0.4 is 11.1 Å². The van der Waals surface area contributed by atoms with E-state index in [4.69, 9.17) is 5.73 Å². The fraction of sp³-hybridized carbons (Fsp3) is 0.500. The van der Waals surface area contributed by atoms with Gasteiger partial charge in [-0.1, -0.05) is 6.07 Å². The molecule has 0 bridgehead atoms. The van der Waals surface area contributed by atoms with Crippen LogP contribution >= 0.6 is 0 Å². The van der Waals surface area contributed by atoms with Gasteiger partial charge in [-0.05, 0) is 11.6 Å². The van der Waals surface area contributed by atoms with Gasteiger partial charge in [0, 0.05) is 25.8 Å². The van der Waals surface area contributed by atoms with Crippen molar-refractivity contribution < 1.29 is 22.0 Å². The highest BCUT2D eigenvalue weighted by Gasteiger charge is 2.59. The quantitative estimate of drug-likeness (QED) is 0.633. The molecule has 3 N–H and O–H groups in total. The summed E-state index contributed by atoms with van der Waals surface area (Å²) in [6, 6.07) is 1.85. The first kappa shape index (κ1) is 14.8. The third kappa shape index (κ3) is 3.36. The predicted octanol–water partition coefficient (Wildman–Crippen LogP) is 1.78. The molecule has 0 radical (unpaired) electrons. The minimum absolute atomic E-state index is 0.308. The third-order valence-corrected chi connectivity index (χ3v) is 2.15. The lowest BCUT2D eigenvalue weighted by Gasteiger charge is -2.18. The smallest absolute Gasteiger partial charge is 0.329 e. The van der Waals surface area contributed by atoms with Crippen LogP contribution in [0.5, 0.6) is 0 Å². The van der Waals surface area contributed by atoms with Crippen LogP contribution in [0.2, 0.25) is 0 Å². The summed E-state index contributed by atoms with van der Waals surface area (Å²) >= 11 is 0. The SMILES string of the molecule is NCCNCc1ccc(C(F)(F)C(F)(F)F)nc1. The summed E-state index contributed by atoms with van der Waals surface area (Å²) in [6.45, 7) is 1.22. The molecular formula is C10H12F5N3. The Labute approximate surface area is 100 Å². The van der Waals surface area contributed by atoms with Crippen LogP contribution in [-0.4, -0.2) is 24.2 Å². The molecule has 1 rings (SSSR count). The number of alkyl halides is 5. The van der Waals surface area contributed by atoms with Crippen molar-refractivity contribution in [2.24, 2.45) is 5.73 Å². The summed E-state index contributed by atoms with van der Waals surface area (Å²) in [4.78, 5) is 3.15. The van der Waals surface area contributed by atoms with Crippen molar-refractivity contribution in [3.05, 3.63) is 29.6 Å². The monoisotopic (exact) mass is 269 g/mol. The first-order chi connectivity index (χ1) is 8.29. The molecule has 0 atom stereocenters. The largest absolute Gasteiger partial charge is 0.459 e. The first-order valence-electron chi connectivity index (χ1n) is 5.09. The summed E-state index contributed by atoms with van der Waals surface area (Å²) in [5.74, 6) is -4.93. The van der Waals surface area contributed by atoms with E-state index in [1.807, 2.05) is 0 Å². The zero-order valence-electron chi connectivity index (χ0n) is 9.27. The van der Waals surface area contributed by atoms with Gasteiger partial charge < -0.3 is 11.1 Å². The number of nitrogens with one attached hydrogen (secondary N) is 1. The topological polar surface area (TPSA) is 50.9 Å². The van der Waals surface area contributed by atoms with Crippen LogP contribution in [0.1, 0.15) is 11.3 Å². The van der Waals surface area contributed by atoms with Crippen molar-refractivity contribution in [1.29, 1.82) is 0 Å². The second-order valence-corrected chi connectivity index (χ2v) is 3.59. The first-order valence-corrected chi connectivity index (χ1v) is 5.09. The maximum atomic E-state index is 12.9. The van der Waals surface area contributed by atoms with Gasteiger partial charge in [-0.2, -0.15) is 22.0 Å². The number of nitrogens with zero attached hydrogens (tertiary/aromatic N) is 1. The molecule has 8 heteroatoms. The minimum atomic E-state index is -5.64. The Kier molecular flexibility index (Phi) is 4.58. The average molecular weight is 269 g/mol. The molecule has 0 fully saturated rings. The van der Waals surface area contributed by atoms with Crippen LogP contribution in [0.4, 0.5) is 22.0 Å². The molecule has 0 aromatic carbocycles. The highest BCUT2D eigenvalue weighted by molar-refractivity contribution is 5.18. The number of rotatable bonds is 5. The molecule has 0 aliphatic carbocycles. The third-order valence-electron chi connectivity index (χ3n) is 2.15. The average Bonchev–Trinajstić information content (AvgIpc) is 2.28. The molecule has 1 heterocycles. The summed E-state index contributed by atoms with van der Waals surface area (Å²) in [7, 11) is 0. The van der Waals surface area contributed by atoms with Crippen LogP contribution in [0, 0.1) is 0 Å². The Bertz CT molecular complexity index is 374. The normalized spacial score (nSPS) is 12.8. The molecule has 1 aromatic heterocycles. The molecule has 0 aliphatic heterocycles. The van der Waals surface area contributed by atoms with Gasteiger partial charge in [0.25, 0.3) is 0 Å². The maximum Gasteiger partial charge on any atom is 0.459 e. The van der Waals surface area contributed by atoms with E-state index in [0.717, 1.165) is 6.20 Å². The van der Waals surface area contributed by atoms with Gasteiger partial charge in [0.15, 0.2) is 0 Å². The molecule has 3 nitrogen and oxygen atoms in total. The van der Waals surface area contributed by atoms with E-state index < -0.39 is 17.8 Å². The molecule has 0 spiro atoms. The lowest BCUT2D eigenvalue weighted by Crippen LogP contribution is -2.34. The molecule has 0 saturated carbocycles. The number of halogens is 5. The standard InChI is InChI=1S/C10H12F5N3/c11-9(12,10(13,14)15)8-2-1-7(6-18-8)5-17-4-3-16/h1-2,6,17H,3-5,16H2. The van der Waals surface area contributed by atoms with Crippen molar-refractivity contribution in [2.75, 3.05) is 13.1 Å². The Morgan fingerprint density at radius 1 is 1.17 bits per heavy atom. The van der Waals surface area contributed by atoms with Crippen molar-refractivity contribution in [1.82, 2.24) is 10.3 Å². The highest BCUT2D eigenvalue weighted by Crippen LogP contribution is 2.42. The second kappa shape index (κ2) is 5.57. The molecule has 18 heavy (non-hydrogen) atoms. The maximum absolute atomic E-state index is 12.9. The van der Waals surface area contributed by atoms with Gasteiger partial charge in [0.2, 0.25) is 0 Å². The van der Waals surface area contributed by atoms with Gasteiger partial charge in [-0.25, -0.2) is 0 Å². The predicted molar refractivity (Wildman–Crippen MR) is 54.9 cm³/mol. The van der Waals surface area contributed by atoms with Gasteiger partial charge in [0.05, 0.1) is 0 Å². The van der Waals surface area contributed by atoms with Gasteiger partial charge >= 0.3 is 12.1 Å². The van der Waals surface area contributed by atoms with Gasteiger partial charge in [0.1, 0.15) is 5.69 Å². The van der Waals surface area contributed by atoms with Crippen molar-refractivity contribution >= 4 is 0 Å².